The minimum Gasteiger partial charge on any atom is -0.353 e. The molecule has 2 heterocycles. The van der Waals surface area contributed by atoms with Crippen LogP contribution in [0.3, 0.4) is 0 Å². The molecule has 7 nitrogen and oxygen atoms in total. The van der Waals surface area contributed by atoms with Crippen molar-refractivity contribution < 1.29 is 0 Å². The van der Waals surface area contributed by atoms with E-state index in [4.69, 9.17) is 0 Å². The molecule has 0 bridgehead atoms. The second-order valence-electron chi connectivity index (χ2n) is 6.28. The first-order valence-electron chi connectivity index (χ1n) is 8.58. The predicted octanol–water partition coefficient (Wildman–Crippen LogP) is 2.49. The van der Waals surface area contributed by atoms with Crippen molar-refractivity contribution in [2.75, 3.05) is 14.1 Å². The summed E-state index contributed by atoms with van der Waals surface area (Å²) in [5.41, 5.74) is 3.64. The molecule has 0 atom stereocenters. The van der Waals surface area contributed by atoms with Gasteiger partial charge in [0.25, 0.3) is 0 Å². The van der Waals surface area contributed by atoms with Crippen molar-refractivity contribution in [1.82, 2.24) is 29.5 Å². The van der Waals surface area contributed by atoms with Crippen LogP contribution in [-0.4, -0.2) is 44.3 Å². The Balaban J connectivity index is 0.00000261. The first-order valence-corrected chi connectivity index (χ1v) is 8.58. The number of hydrogen-bond acceptors (Lipinski definition) is 3. The van der Waals surface area contributed by atoms with Crippen LogP contribution in [0.2, 0.25) is 0 Å². The molecule has 0 radical (unpaired) electrons. The first-order chi connectivity index (χ1) is 12.7. The fourth-order valence-electron chi connectivity index (χ4n) is 2.88. The van der Waals surface area contributed by atoms with Crippen molar-refractivity contribution in [1.29, 1.82) is 0 Å². The number of hydrogen-bond donors (Lipinski definition) is 1. The highest BCUT2D eigenvalue weighted by Crippen LogP contribution is 2.08. The van der Waals surface area contributed by atoms with Crippen LogP contribution in [0.4, 0.5) is 0 Å². The van der Waals surface area contributed by atoms with Crippen LogP contribution in [0, 0.1) is 0 Å². The predicted molar refractivity (Wildman–Crippen MR) is 118 cm³/mol. The number of halogens is 1. The summed E-state index contributed by atoms with van der Waals surface area (Å²) in [6, 6.07) is 12.6. The quantitative estimate of drug-likeness (QED) is 0.335. The van der Waals surface area contributed by atoms with E-state index in [0.717, 1.165) is 25.6 Å². The molecule has 0 fully saturated rings. The molecule has 0 aliphatic carbocycles. The Morgan fingerprint density at radius 2 is 2.04 bits per heavy atom. The van der Waals surface area contributed by atoms with Crippen LogP contribution in [0.5, 0.6) is 0 Å². The lowest BCUT2D eigenvalue weighted by molar-refractivity contribution is 0.461. The number of nitrogens with zero attached hydrogens (tertiary/aromatic N) is 6. The average Bonchev–Trinajstić information content (AvgIpc) is 3.28. The van der Waals surface area contributed by atoms with Crippen molar-refractivity contribution >= 4 is 29.9 Å². The van der Waals surface area contributed by atoms with E-state index in [0.29, 0.717) is 0 Å². The lowest BCUT2D eigenvalue weighted by Gasteiger charge is -2.22. The Hall–Kier alpha value is -2.36. The van der Waals surface area contributed by atoms with Crippen molar-refractivity contribution in [3.8, 4) is 0 Å². The molecule has 0 aliphatic heterocycles. The molecule has 1 aromatic carbocycles. The summed E-state index contributed by atoms with van der Waals surface area (Å²) in [5, 5.41) is 7.59. The van der Waals surface area contributed by atoms with Gasteiger partial charge in [-0.1, -0.05) is 24.3 Å². The van der Waals surface area contributed by atoms with Crippen LogP contribution in [-0.2, 0) is 26.7 Å². The van der Waals surface area contributed by atoms with Gasteiger partial charge in [-0.05, 0) is 23.3 Å². The summed E-state index contributed by atoms with van der Waals surface area (Å²) in [6.45, 7) is 2.24. The van der Waals surface area contributed by atoms with Gasteiger partial charge >= 0.3 is 0 Å². The maximum absolute atomic E-state index is 4.40. The second-order valence-corrected chi connectivity index (χ2v) is 6.28. The number of aliphatic imine (C=N–C) groups is 1. The highest BCUT2D eigenvalue weighted by molar-refractivity contribution is 14.0. The molecule has 2 aromatic heterocycles. The van der Waals surface area contributed by atoms with Gasteiger partial charge in [0, 0.05) is 39.6 Å². The lowest BCUT2D eigenvalue weighted by Crippen LogP contribution is -2.38. The van der Waals surface area contributed by atoms with Crippen LogP contribution in [0.15, 0.2) is 60.2 Å². The molecule has 0 aliphatic rings. The van der Waals surface area contributed by atoms with Crippen LogP contribution < -0.4 is 5.32 Å². The third-order valence-corrected chi connectivity index (χ3v) is 4.28. The Bertz CT molecular complexity index is 855. The molecule has 27 heavy (non-hydrogen) atoms. The number of nitrogens with one attached hydrogen (secondary N) is 1. The Labute approximate surface area is 177 Å². The molecular weight excluding hydrogens is 453 g/mol. The topological polar surface area (TPSA) is 63.3 Å². The second kappa shape index (κ2) is 10.1. The summed E-state index contributed by atoms with van der Waals surface area (Å²) < 4.78 is 3.94. The number of rotatable bonds is 6. The molecule has 0 unspecified atom stereocenters. The van der Waals surface area contributed by atoms with E-state index in [1.54, 1.807) is 12.7 Å². The van der Waals surface area contributed by atoms with E-state index >= 15 is 0 Å². The van der Waals surface area contributed by atoms with Crippen LogP contribution >= 0.6 is 24.0 Å². The van der Waals surface area contributed by atoms with E-state index in [1.807, 2.05) is 18.8 Å². The van der Waals surface area contributed by atoms with E-state index in [9.17, 15) is 0 Å². The molecule has 144 valence electrons. The maximum Gasteiger partial charge on any atom is 0.194 e. The number of guanidine groups is 1. The standard InChI is InChI=1S/C19H25N7.HI/c1-20-19(25(3)13-18-8-5-9-24(18)2)22-11-16-6-4-7-17(10-16)12-26-15-21-14-23-26;/h4-10,14-15H,11-13H2,1-3H3,(H,20,22);1H. The van der Waals surface area contributed by atoms with E-state index in [-0.39, 0.29) is 24.0 Å². The molecular formula is C19H26IN7. The zero-order valence-electron chi connectivity index (χ0n) is 15.9. The van der Waals surface area contributed by atoms with Crippen LogP contribution in [0.1, 0.15) is 16.8 Å². The molecule has 0 amide bonds. The minimum absolute atomic E-state index is 0. The van der Waals surface area contributed by atoms with Gasteiger partial charge in [0.1, 0.15) is 12.7 Å². The molecule has 8 heteroatoms. The van der Waals surface area contributed by atoms with Gasteiger partial charge in [-0.15, -0.1) is 24.0 Å². The van der Waals surface area contributed by atoms with Crippen molar-refractivity contribution in [2.45, 2.75) is 19.6 Å². The third kappa shape index (κ3) is 5.81. The number of aromatic nitrogens is 4. The minimum atomic E-state index is 0. The van der Waals surface area contributed by atoms with Gasteiger partial charge in [-0.3, -0.25) is 4.99 Å². The van der Waals surface area contributed by atoms with Gasteiger partial charge in [0.15, 0.2) is 5.96 Å². The highest BCUT2D eigenvalue weighted by atomic mass is 127. The monoisotopic (exact) mass is 479 g/mol. The fourth-order valence-corrected chi connectivity index (χ4v) is 2.88. The Kier molecular flexibility index (Phi) is 7.83. The fraction of sp³-hybridized carbons (Fsp3) is 0.316. The number of benzene rings is 1. The third-order valence-electron chi connectivity index (χ3n) is 4.28. The molecule has 0 saturated carbocycles. The molecule has 3 rings (SSSR count). The SMILES string of the molecule is CN=C(NCc1cccc(Cn2cncn2)c1)N(C)Cc1cccn1C.I. The summed E-state index contributed by atoms with van der Waals surface area (Å²) in [6.07, 6.45) is 5.34. The summed E-state index contributed by atoms with van der Waals surface area (Å²) in [4.78, 5) is 10.5. The van der Waals surface area contributed by atoms with Crippen LogP contribution in [0.25, 0.3) is 0 Å². The first kappa shape index (κ1) is 20.9. The zero-order chi connectivity index (χ0) is 18.4. The maximum atomic E-state index is 4.40. The summed E-state index contributed by atoms with van der Waals surface area (Å²) >= 11 is 0. The van der Waals surface area contributed by atoms with E-state index < -0.39 is 0 Å². The van der Waals surface area contributed by atoms with Crippen molar-refractivity contribution in [3.05, 3.63) is 72.1 Å². The molecule has 0 saturated heterocycles. The van der Waals surface area contributed by atoms with E-state index in [2.05, 4.69) is 79.5 Å². The highest BCUT2D eigenvalue weighted by Gasteiger charge is 2.08. The molecule has 3 aromatic rings. The molecule has 0 spiro atoms. The van der Waals surface area contributed by atoms with Crippen molar-refractivity contribution in [2.24, 2.45) is 12.0 Å². The van der Waals surface area contributed by atoms with Crippen molar-refractivity contribution in [3.63, 3.8) is 0 Å². The Morgan fingerprint density at radius 3 is 2.70 bits per heavy atom. The normalized spacial score (nSPS) is 11.1. The van der Waals surface area contributed by atoms with Gasteiger partial charge in [-0.25, -0.2) is 9.67 Å². The average molecular weight is 479 g/mol. The smallest absolute Gasteiger partial charge is 0.194 e. The summed E-state index contributed by atoms with van der Waals surface area (Å²) in [5.74, 6) is 0.868. The van der Waals surface area contributed by atoms with Gasteiger partial charge in [0.05, 0.1) is 13.1 Å². The zero-order valence-corrected chi connectivity index (χ0v) is 18.2. The number of aryl methyl sites for hydroxylation is 1. The summed E-state index contributed by atoms with van der Waals surface area (Å²) in [7, 11) is 5.91. The van der Waals surface area contributed by atoms with E-state index in [1.165, 1.54) is 16.8 Å². The lowest BCUT2D eigenvalue weighted by atomic mass is 10.1. The van der Waals surface area contributed by atoms with Gasteiger partial charge < -0.3 is 14.8 Å². The van der Waals surface area contributed by atoms with Gasteiger partial charge in [0.2, 0.25) is 0 Å². The van der Waals surface area contributed by atoms with Gasteiger partial charge in [-0.2, -0.15) is 5.10 Å². The Morgan fingerprint density at radius 1 is 1.22 bits per heavy atom. The molecule has 1 N–H and O–H groups in total. The largest absolute Gasteiger partial charge is 0.353 e.